The zero-order valence-corrected chi connectivity index (χ0v) is 22.6. The number of esters is 2. The summed E-state index contributed by atoms with van der Waals surface area (Å²) in [6.07, 6.45) is 0.455. The highest BCUT2D eigenvalue weighted by Gasteiger charge is 2.40. The van der Waals surface area contributed by atoms with Crippen molar-refractivity contribution in [3.8, 4) is 0 Å². The largest absolute Gasteiger partial charge is 0.462 e. The number of hydrogen-bond donors (Lipinski definition) is 1. The number of imide groups is 1. The lowest BCUT2D eigenvalue weighted by Gasteiger charge is -2.16. The van der Waals surface area contributed by atoms with Crippen LogP contribution >= 0.6 is 11.8 Å². The van der Waals surface area contributed by atoms with Crippen LogP contribution in [0.2, 0.25) is 0 Å². The minimum absolute atomic E-state index is 0.109. The minimum Gasteiger partial charge on any atom is -0.462 e. The summed E-state index contributed by atoms with van der Waals surface area (Å²) in [6.45, 7) is 5.75. The average molecular weight is 545 g/mol. The molecule has 0 saturated carbocycles. The Hall–Kier alpha value is -4.37. The lowest BCUT2D eigenvalue weighted by atomic mass is 10.2. The summed E-state index contributed by atoms with van der Waals surface area (Å²) in [5.74, 6) is -1.95. The van der Waals surface area contributed by atoms with E-state index in [9.17, 15) is 19.2 Å². The maximum Gasteiger partial charge on any atom is 0.338 e. The minimum atomic E-state index is -0.539. The van der Waals surface area contributed by atoms with Crippen LogP contribution in [0.3, 0.4) is 0 Å². The highest BCUT2D eigenvalue weighted by molar-refractivity contribution is 8.04. The van der Waals surface area contributed by atoms with Gasteiger partial charge in [0, 0.05) is 10.6 Å². The van der Waals surface area contributed by atoms with Gasteiger partial charge in [0.05, 0.1) is 29.5 Å². The van der Waals surface area contributed by atoms with E-state index in [-0.39, 0.29) is 16.7 Å². The van der Waals surface area contributed by atoms with E-state index in [4.69, 9.17) is 9.47 Å². The van der Waals surface area contributed by atoms with Crippen molar-refractivity contribution in [3.63, 3.8) is 0 Å². The summed E-state index contributed by atoms with van der Waals surface area (Å²) < 4.78 is 10.4. The third kappa shape index (κ3) is 6.56. The number of rotatable bonds is 10. The molecular formula is C30H28N2O6S. The number of amides is 2. The lowest BCUT2D eigenvalue weighted by Crippen LogP contribution is -2.32. The van der Waals surface area contributed by atoms with Crippen LogP contribution in [-0.2, 0) is 19.1 Å². The molecule has 9 heteroatoms. The van der Waals surface area contributed by atoms with Gasteiger partial charge in [-0.15, -0.1) is 0 Å². The fourth-order valence-corrected chi connectivity index (χ4v) is 4.64. The van der Waals surface area contributed by atoms with E-state index >= 15 is 0 Å². The highest BCUT2D eigenvalue weighted by atomic mass is 32.2. The summed E-state index contributed by atoms with van der Waals surface area (Å²) in [5.41, 5.74) is 1.65. The molecule has 0 aromatic heterocycles. The smallest absolute Gasteiger partial charge is 0.338 e. The number of ether oxygens (including phenoxy) is 2. The van der Waals surface area contributed by atoms with Gasteiger partial charge in [0.25, 0.3) is 11.8 Å². The molecule has 4 rings (SSSR count). The number of anilines is 2. The summed E-state index contributed by atoms with van der Waals surface area (Å²) in [6, 6.07) is 21.9. The van der Waals surface area contributed by atoms with Crippen molar-refractivity contribution < 1.29 is 28.7 Å². The molecule has 0 fully saturated rings. The van der Waals surface area contributed by atoms with Crippen LogP contribution < -0.4 is 10.2 Å². The van der Waals surface area contributed by atoms with E-state index in [2.05, 4.69) is 5.32 Å². The van der Waals surface area contributed by atoms with Gasteiger partial charge in [-0.1, -0.05) is 36.9 Å². The van der Waals surface area contributed by atoms with Crippen molar-refractivity contribution in [2.75, 3.05) is 16.8 Å². The van der Waals surface area contributed by atoms with Gasteiger partial charge in [-0.25, -0.2) is 14.5 Å². The molecule has 1 N–H and O–H groups in total. The molecule has 0 unspecified atom stereocenters. The SMILES string of the molecule is CCCOC(=O)c1ccc(N2C(=O)C(Nc3ccc(C(=O)OC(C)C)cc3)=C(Sc3ccccc3)C2=O)cc1. The van der Waals surface area contributed by atoms with Crippen LogP contribution in [-0.4, -0.2) is 36.5 Å². The lowest BCUT2D eigenvalue weighted by molar-refractivity contribution is -0.120. The molecule has 1 aliphatic rings. The summed E-state index contributed by atoms with van der Waals surface area (Å²) >= 11 is 1.18. The van der Waals surface area contributed by atoms with Crippen molar-refractivity contribution in [2.24, 2.45) is 0 Å². The quantitative estimate of drug-likeness (QED) is 0.252. The molecular weight excluding hydrogens is 516 g/mol. The van der Waals surface area contributed by atoms with Crippen LogP contribution in [0.5, 0.6) is 0 Å². The molecule has 0 radical (unpaired) electrons. The normalized spacial score (nSPS) is 13.2. The second kappa shape index (κ2) is 12.4. The molecule has 0 atom stereocenters. The Labute approximate surface area is 231 Å². The van der Waals surface area contributed by atoms with Crippen molar-refractivity contribution in [3.05, 3.63) is 101 Å². The van der Waals surface area contributed by atoms with Gasteiger partial charge in [0.15, 0.2) is 0 Å². The second-order valence-electron chi connectivity index (χ2n) is 8.90. The van der Waals surface area contributed by atoms with Gasteiger partial charge < -0.3 is 14.8 Å². The second-order valence-corrected chi connectivity index (χ2v) is 9.99. The van der Waals surface area contributed by atoms with Crippen molar-refractivity contribution >= 4 is 46.9 Å². The maximum atomic E-state index is 13.6. The summed E-state index contributed by atoms with van der Waals surface area (Å²) in [7, 11) is 0. The monoisotopic (exact) mass is 544 g/mol. The van der Waals surface area contributed by atoms with Gasteiger partial charge in [-0.2, -0.15) is 0 Å². The number of benzene rings is 3. The fraction of sp³-hybridized carbons (Fsp3) is 0.200. The summed E-state index contributed by atoms with van der Waals surface area (Å²) in [4.78, 5) is 53.6. The number of hydrogen-bond acceptors (Lipinski definition) is 8. The average Bonchev–Trinajstić information content (AvgIpc) is 3.16. The van der Waals surface area contributed by atoms with Gasteiger partial charge in [0.2, 0.25) is 0 Å². The number of nitrogens with one attached hydrogen (secondary N) is 1. The predicted molar refractivity (Wildman–Crippen MR) is 149 cm³/mol. The molecule has 39 heavy (non-hydrogen) atoms. The zero-order valence-electron chi connectivity index (χ0n) is 21.8. The number of nitrogens with zero attached hydrogens (tertiary/aromatic N) is 1. The molecule has 1 aliphatic heterocycles. The van der Waals surface area contributed by atoms with E-state index in [0.717, 1.165) is 9.80 Å². The van der Waals surface area contributed by atoms with Crippen LogP contribution in [0.25, 0.3) is 0 Å². The summed E-state index contributed by atoms with van der Waals surface area (Å²) in [5, 5.41) is 3.07. The van der Waals surface area contributed by atoms with Gasteiger partial charge in [-0.3, -0.25) is 9.59 Å². The molecule has 0 aliphatic carbocycles. The molecule has 200 valence electrons. The molecule has 1 heterocycles. The van der Waals surface area contributed by atoms with E-state index in [1.54, 1.807) is 50.2 Å². The molecule has 0 bridgehead atoms. The van der Waals surface area contributed by atoms with Crippen LogP contribution in [0, 0.1) is 0 Å². The molecule has 0 spiro atoms. The maximum absolute atomic E-state index is 13.6. The van der Waals surface area contributed by atoms with E-state index in [1.807, 2.05) is 37.3 Å². The Morgan fingerprint density at radius 3 is 2.08 bits per heavy atom. The topological polar surface area (TPSA) is 102 Å². The van der Waals surface area contributed by atoms with Crippen molar-refractivity contribution in [1.29, 1.82) is 0 Å². The Balaban J connectivity index is 1.61. The molecule has 3 aromatic carbocycles. The first-order valence-electron chi connectivity index (χ1n) is 12.5. The number of thioether (sulfide) groups is 1. The molecule has 0 saturated heterocycles. The predicted octanol–water partition coefficient (Wildman–Crippen LogP) is 5.81. The zero-order chi connectivity index (χ0) is 27.9. The van der Waals surface area contributed by atoms with Crippen molar-refractivity contribution in [1.82, 2.24) is 0 Å². The van der Waals surface area contributed by atoms with Crippen LogP contribution in [0.15, 0.2) is 94.4 Å². The first kappa shape index (κ1) is 27.7. The number of carbonyl (C=O) groups excluding carboxylic acids is 4. The van der Waals surface area contributed by atoms with E-state index < -0.39 is 23.8 Å². The molecule has 2 amide bonds. The first-order chi connectivity index (χ1) is 18.8. The highest BCUT2D eigenvalue weighted by Crippen LogP contribution is 2.38. The third-order valence-electron chi connectivity index (χ3n) is 5.54. The van der Waals surface area contributed by atoms with Gasteiger partial charge >= 0.3 is 11.9 Å². The van der Waals surface area contributed by atoms with Crippen molar-refractivity contribution in [2.45, 2.75) is 38.2 Å². The Morgan fingerprint density at radius 2 is 1.46 bits per heavy atom. The van der Waals surface area contributed by atoms with E-state index in [1.165, 1.54) is 23.9 Å². The first-order valence-corrected chi connectivity index (χ1v) is 13.3. The van der Waals surface area contributed by atoms with Gasteiger partial charge in [-0.05, 0) is 80.9 Å². The third-order valence-corrected chi connectivity index (χ3v) is 6.63. The molecule has 8 nitrogen and oxygen atoms in total. The van der Waals surface area contributed by atoms with Crippen LogP contribution in [0.1, 0.15) is 47.9 Å². The van der Waals surface area contributed by atoms with Gasteiger partial charge in [0.1, 0.15) is 10.6 Å². The molecule has 3 aromatic rings. The Morgan fingerprint density at radius 1 is 0.846 bits per heavy atom. The van der Waals surface area contributed by atoms with Crippen LogP contribution in [0.4, 0.5) is 11.4 Å². The standard InChI is InChI=1S/C30H28N2O6S/c1-4-18-37-29(35)20-12-16-23(17-13-20)32-27(33)25(26(28(32)34)39-24-8-6-5-7-9-24)31-22-14-10-21(11-15-22)30(36)38-19(2)3/h5-17,19,31H,4,18H2,1-3H3. The Bertz CT molecular complexity index is 1400. The van der Waals surface area contributed by atoms with E-state index in [0.29, 0.717) is 35.5 Å². The number of carbonyl (C=O) groups is 4. The Kier molecular flexibility index (Phi) is 8.83. The fourth-order valence-electron chi connectivity index (χ4n) is 3.70.